The van der Waals surface area contributed by atoms with Crippen molar-refractivity contribution in [1.82, 2.24) is 19.6 Å². The first-order valence-electron chi connectivity index (χ1n) is 6.33. The predicted molar refractivity (Wildman–Crippen MR) is 57.7 cm³/mol. The smallest absolute Gasteiger partial charge is 0.0555 e. The molecule has 1 aliphatic carbocycles. The third kappa shape index (κ3) is 1.29. The second kappa shape index (κ2) is 3.17. The van der Waals surface area contributed by atoms with Crippen molar-refractivity contribution in [2.24, 2.45) is 0 Å². The van der Waals surface area contributed by atoms with Crippen molar-refractivity contribution in [2.45, 2.75) is 37.8 Å². The van der Waals surface area contributed by atoms with Crippen molar-refractivity contribution in [3.63, 3.8) is 0 Å². The molecule has 1 saturated carbocycles. The summed E-state index contributed by atoms with van der Waals surface area (Å²) < 4.78 is 0. The lowest BCUT2D eigenvalue weighted by atomic mass is 9.89. The molecule has 0 amide bonds. The van der Waals surface area contributed by atoms with E-state index < -0.39 is 0 Å². The van der Waals surface area contributed by atoms with E-state index in [1.54, 1.807) is 0 Å². The lowest BCUT2D eigenvalue weighted by Gasteiger charge is -2.46. The number of rotatable bonds is 0. The van der Waals surface area contributed by atoms with Gasteiger partial charge in [0.2, 0.25) is 0 Å². The highest BCUT2D eigenvalue weighted by atomic mass is 15.6. The van der Waals surface area contributed by atoms with Crippen LogP contribution in [0.1, 0.15) is 25.7 Å². The summed E-state index contributed by atoms with van der Waals surface area (Å²) in [4.78, 5) is 10.6. The maximum Gasteiger partial charge on any atom is 0.0555 e. The van der Waals surface area contributed by atoms with Crippen LogP contribution in [0.25, 0.3) is 0 Å². The summed E-state index contributed by atoms with van der Waals surface area (Å²) in [6, 6.07) is 1.71. The van der Waals surface area contributed by atoms with E-state index in [0.717, 1.165) is 12.1 Å². The molecule has 4 aliphatic heterocycles. The van der Waals surface area contributed by atoms with Crippen LogP contribution in [0.5, 0.6) is 0 Å². The summed E-state index contributed by atoms with van der Waals surface area (Å²) in [5.41, 5.74) is 0. The van der Waals surface area contributed by atoms with Crippen molar-refractivity contribution >= 4 is 0 Å². The zero-order valence-corrected chi connectivity index (χ0v) is 9.31. The van der Waals surface area contributed by atoms with E-state index in [1.165, 1.54) is 59.0 Å². The van der Waals surface area contributed by atoms with Gasteiger partial charge in [0.05, 0.1) is 33.3 Å². The van der Waals surface area contributed by atoms with E-state index in [4.69, 9.17) is 0 Å². The average molecular weight is 208 g/mol. The zero-order valence-electron chi connectivity index (χ0n) is 9.31. The molecular formula is C11H20N4. The maximum absolute atomic E-state index is 2.72. The van der Waals surface area contributed by atoms with E-state index in [2.05, 4.69) is 19.6 Å². The molecule has 5 fully saturated rings. The highest BCUT2D eigenvalue weighted by Gasteiger charge is 2.45. The van der Waals surface area contributed by atoms with Gasteiger partial charge in [0.1, 0.15) is 0 Å². The van der Waals surface area contributed by atoms with Crippen LogP contribution in [0.3, 0.4) is 0 Å². The summed E-state index contributed by atoms with van der Waals surface area (Å²) in [6.07, 6.45) is 5.77. The van der Waals surface area contributed by atoms with Gasteiger partial charge in [-0.15, -0.1) is 0 Å². The Hall–Kier alpha value is -0.160. The summed E-state index contributed by atoms with van der Waals surface area (Å²) in [5, 5.41) is 0. The Morgan fingerprint density at radius 3 is 1.53 bits per heavy atom. The summed E-state index contributed by atoms with van der Waals surface area (Å²) in [5.74, 6) is 0. The van der Waals surface area contributed by atoms with Gasteiger partial charge >= 0.3 is 0 Å². The molecule has 0 aromatic carbocycles. The lowest BCUT2D eigenvalue weighted by Crippen LogP contribution is -2.60. The minimum absolute atomic E-state index is 0.856. The third-order valence-electron chi connectivity index (χ3n) is 4.56. The molecule has 84 valence electrons. The first kappa shape index (κ1) is 8.93. The normalized spacial score (nSPS) is 57.6. The average Bonchev–Trinajstić information content (AvgIpc) is 2.43. The zero-order chi connectivity index (χ0) is 9.83. The van der Waals surface area contributed by atoms with E-state index in [1.807, 2.05) is 0 Å². The van der Waals surface area contributed by atoms with E-state index in [9.17, 15) is 0 Å². The third-order valence-corrected chi connectivity index (χ3v) is 4.56. The van der Waals surface area contributed by atoms with Gasteiger partial charge in [-0.1, -0.05) is 12.8 Å². The molecular weight excluding hydrogens is 188 g/mol. The Kier molecular flexibility index (Phi) is 1.89. The van der Waals surface area contributed by atoms with Crippen LogP contribution in [0.15, 0.2) is 0 Å². The van der Waals surface area contributed by atoms with E-state index >= 15 is 0 Å². The van der Waals surface area contributed by atoms with Gasteiger partial charge in [-0.25, -0.2) is 0 Å². The molecule has 0 N–H and O–H groups in total. The molecule has 2 atom stereocenters. The molecule has 4 saturated heterocycles. The fourth-order valence-corrected chi connectivity index (χ4v) is 4.03. The van der Waals surface area contributed by atoms with Crippen LogP contribution in [-0.4, -0.2) is 65.0 Å². The molecule has 4 heterocycles. The molecule has 4 heteroatoms. The molecule has 4 nitrogen and oxygen atoms in total. The van der Waals surface area contributed by atoms with Crippen LogP contribution in [0.4, 0.5) is 0 Å². The molecule has 5 rings (SSSR count). The van der Waals surface area contributed by atoms with Crippen molar-refractivity contribution in [3.8, 4) is 0 Å². The van der Waals surface area contributed by atoms with Crippen LogP contribution in [0, 0.1) is 0 Å². The van der Waals surface area contributed by atoms with Gasteiger partial charge in [-0.3, -0.25) is 19.6 Å². The van der Waals surface area contributed by atoms with Gasteiger partial charge < -0.3 is 0 Å². The Morgan fingerprint density at radius 1 is 0.600 bits per heavy atom. The van der Waals surface area contributed by atoms with E-state index in [0.29, 0.717) is 0 Å². The first-order valence-corrected chi connectivity index (χ1v) is 6.33. The standard InChI is InChI=1S/C11H20N4/c1-2-4-11-10(3-1)14-6-12-5-13(7-14)9-15(11)8-12/h10-11H,1-9H2/t10-,11-/m1/s1. The van der Waals surface area contributed by atoms with E-state index in [-0.39, 0.29) is 0 Å². The monoisotopic (exact) mass is 208 g/mol. The number of hydrogen-bond acceptors (Lipinski definition) is 4. The molecule has 0 unspecified atom stereocenters. The highest BCUT2D eigenvalue weighted by Crippen LogP contribution is 2.34. The Labute approximate surface area is 91.4 Å². The van der Waals surface area contributed by atoms with Crippen LogP contribution >= 0.6 is 0 Å². The van der Waals surface area contributed by atoms with Gasteiger partial charge in [-0.05, 0) is 12.8 Å². The van der Waals surface area contributed by atoms with Crippen molar-refractivity contribution in [1.29, 1.82) is 0 Å². The lowest BCUT2D eigenvalue weighted by molar-refractivity contribution is -0.0924. The van der Waals surface area contributed by atoms with Crippen molar-refractivity contribution in [2.75, 3.05) is 33.3 Å². The molecule has 0 aromatic heterocycles. The molecule has 15 heavy (non-hydrogen) atoms. The van der Waals surface area contributed by atoms with Crippen LogP contribution < -0.4 is 0 Å². The molecule has 5 aliphatic rings. The van der Waals surface area contributed by atoms with Gasteiger partial charge in [0, 0.05) is 12.1 Å². The Bertz CT molecular complexity index is 231. The van der Waals surface area contributed by atoms with Crippen molar-refractivity contribution in [3.05, 3.63) is 0 Å². The Morgan fingerprint density at radius 2 is 1.07 bits per heavy atom. The predicted octanol–water partition coefficient (Wildman–Crippen LogP) is 0.334. The van der Waals surface area contributed by atoms with Gasteiger partial charge in [-0.2, -0.15) is 0 Å². The molecule has 4 bridgehead atoms. The largest absolute Gasteiger partial charge is 0.273 e. The highest BCUT2D eigenvalue weighted by molar-refractivity contribution is 4.96. The minimum atomic E-state index is 0.856. The van der Waals surface area contributed by atoms with Crippen molar-refractivity contribution < 1.29 is 0 Å². The van der Waals surface area contributed by atoms with Gasteiger partial charge in [0.15, 0.2) is 0 Å². The fraction of sp³-hybridized carbons (Fsp3) is 1.00. The first-order chi connectivity index (χ1) is 7.40. The maximum atomic E-state index is 2.72. The molecule has 0 radical (unpaired) electrons. The summed E-state index contributed by atoms with van der Waals surface area (Å²) in [6.45, 7) is 6.07. The quantitative estimate of drug-likeness (QED) is 0.569. The summed E-state index contributed by atoms with van der Waals surface area (Å²) in [7, 11) is 0. The second-order valence-electron chi connectivity index (χ2n) is 5.65. The van der Waals surface area contributed by atoms with Gasteiger partial charge in [0.25, 0.3) is 0 Å². The Balaban J connectivity index is 1.70. The van der Waals surface area contributed by atoms with Crippen LogP contribution in [-0.2, 0) is 0 Å². The second-order valence-corrected chi connectivity index (χ2v) is 5.65. The van der Waals surface area contributed by atoms with Crippen LogP contribution in [0.2, 0.25) is 0 Å². The molecule has 0 aromatic rings. The topological polar surface area (TPSA) is 13.0 Å². The fourth-order valence-electron chi connectivity index (χ4n) is 4.03. The molecule has 0 spiro atoms. The minimum Gasteiger partial charge on any atom is -0.273 e. The summed E-state index contributed by atoms with van der Waals surface area (Å²) >= 11 is 0. The number of nitrogens with zero attached hydrogens (tertiary/aromatic N) is 4. The SMILES string of the molecule is C1CC[C@@H]2[C@@H](C1)N1CN3CN(C1)CN2C3. The number of hydrogen-bond donors (Lipinski definition) is 0.